The fourth-order valence-corrected chi connectivity index (χ4v) is 2.87. The molecule has 0 aliphatic heterocycles. The highest BCUT2D eigenvalue weighted by Gasteiger charge is 2.15. The normalized spacial score (nSPS) is 10.9. The SMILES string of the molecule is Cc1cc(C)n2nc(C(=O)NCc3cccnc3-c3ccncc3)nc2n1. The van der Waals surface area contributed by atoms with Crippen molar-refractivity contribution in [2.75, 3.05) is 0 Å². The molecule has 4 rings (SSSR count). The first kappa shape index (κ1) is 16.8. The highest BCUT2D eigenvalue weighted by atomic mass is 16.2. The first-order valence-corrected chi connectivity index (χ1v) is 8.45. The van der Waals surface area contributed by atoms with Crippen LogP contribution < -0.4 is 5.32 Å². The van der Waals surface area contributed by atoms with Gasteiger partial charge < -0.3 is 5.32 Å². The Hall–Kier alpha value is -3.68. The number of nitrogens with one attached hydrogen (secondary N) is 1. The molecule has 0 atom stereocenters. The van der Waals surface area contributed by atoms with Gasteiger partial charge in [-0.15, -0.1) is 5.10 Å². The zero-order chi connectivity index (χ0) is 18.8. The first-order valence-electron chi connectivity index (χ1n) is 8.45. The van der Waals surface area contributed by atoms with Gasteiger partial charge in [-0.2, -0.15) is 4.98 Å². The summed E-state index contributed by atoms with van der Waals surface area (Å²) in [4.78, 5) is 29.5. The summed E-state index contributed by atoms with van der Waals surface area (Å²) in [5, 5.41) is 7.11. The number of carbonyl (C=O) groups is 1. The lowest BCUT2D eigenvalue weighted by Gasteiger charge is -2.08. The van der Waals surface area contributed by atoms with Crippen LogP contribution in [0.1, 0.15) is 27.6 Å². The molecule has 0 aromatic carbocycles. The zero-order valence-corrected chi connectivity index (χ0v) is 14.9. The summed E-state index contributed by atoms with van der Waals surface area (Å²) in [6.07, 6.45) is 5.15. The molecule has 0 radical (unpaired) electrons. The highest BCUT2D eigenvalue weighted by Crippen LogP contribution is 2.20. The molecular weight excluding hydrogens is 342 g/mol. The van der Waals surface area contributed by atoms with Crippen LogP contribution >= 0.6 is 0 Å². The van der Waals surface area contributed by atoms with Crippen LogP contribution in [-0.4, -0.2) is 35.5 Å². The summed E-state index contributed by atoms with van der Waals surface area (Å²) in [5.41, 5.74) is 4.34. The van der Waals surface area contributed by atoms with Crippen molar-refractivity contribution in [1.29, 1.82) is 0 Å². The number of hydrogen-bond donors (Lipinski definition) is 1. The molecular formula is C19H17N7O. The minimum atomic E-state index is -0.359. The summed E-state index contributed by atoms with van der Waals surface area (Å²) in [6.45, 7) is 4.09. The molecule has 1 amide bonds. The molecule has 8 nitrogen and oxygen atoms in total. The van der Waals surface area contributed by atoms with Gasteiger partial charge in [0.05, 0.1) is 5.69 Å². The van der Waals surface area contributed by atoms with Crippen molar-refractivity contribution in [1.82, 2.24) is 34.9 Å². The van der Waals surface area contributed by atoms with Crippen LogP contribution in [0, 0.1) is 13.8 Å². The van der Waals surface area contributed by atoms with E-state index in [0.29, 0.717) is 12.3 Å². The number of amides is 1. The molecule has 0 bridgehead atoms. The van der Waals surface area contributed by atoms with E-state index < -0.39 is 0 Å². The van der Waals surface area contributed by atoms with Gasteiger partial charge in [0.15, 0.2) is 0 Å². The smallest absolute Gasteiger partial charge is 0.291 e. The van der Waals surface area contributed by atoms with Crippen LogP contribution in [-0.2, 0) is 6.54 Å². The molecule has 0 spiro atoms. The fourth-order valence-electron chi connectivity index (χ4n) is 2.87. The van der Waals surface area contributed by atoms with Crippen LogP contribution in [0.15, 0.2) is 48.9 Å². The van der Waals surface area contributed by atoms with Crippen LogP contribution in [0.5, 0.6) is 0 Å². The van der Waals surface area contributed by atoms with E-state index in [9.17, 15) is 4.79 Å². The van der Waals surface area contributed by atoms with Gasteiger partial charge in [-0.25, -0.2) is 9.50 Å². The second-order valence-corrected chi connectivity index (χ2v) is 6.12. The topological polar surface area (TPSA) is 98.0 Å². The Morgan fingerprint density at radius 2 is 1.93 bits per heavy atom. The fraction of sp³-hybridized carbons (Fsp3) is 0.158. The van der Waals surface area contributed by atoms with Gasteiger partial charge in [0.25, 0.3) is 11.7 Å². The average Bonchev–Trinajstić information content (AvgIpc) is 3.11. The summed E-state index contributed by atoms with van der Waals surface area (Å²) in [6, 6.07) is 9.42. The van der Waals surface area contributed by atoms with Gasteiger partial charge in [0, 0.05) is 42.1 Å². The van der Waals surface area contributed by atoms with Gasteiger partial charge in [-0.3, -0.25) is 14.8 Å². The Balaban J connectivity index is 1.56. The molecule has 1 N–H and O–H groups in total. The minimum Gasteiger partial charge on any atom is -0.345 e. The van der Waals surface area contributed by atoms with Crippen LogP contribution in [0.3, 0.4) is 0 Å². The molecule has 0 aliphatic carbocycles. The number of fused-ring (bicyclic) bond motifs is 1. The number of carbonyl (C=O) groups excluding carboxylic acids is 1. The maximum absolute atomic E-state index is 12.5. The number of pyridine rings is 2. The summed E-state index contributed by atoms with van der Waals surface area (Å²) >= 11 is 0. The van der Waals surface area contributed by atoms with Crippen LogP contribution in [0.25, 0.3) is 17.0 Å². The summed E-state index contributed by atoms with van der Waals surface area (Å²) in [5.74, 6) is 0.143. The lowest BCUT2D eigenvalue weighted by molar-refractivity contribution is 0.0941. The number of rotatable bonds is 4. The zero-order valence-electron chi connectivity index (χ0n) is 14.9. The predicted octanol–water partition coefficient (Wildman–Crippen LogP) is 2.13. The molecule has 4 aromatic heterocycles. The molecule has 4 aromatic rings. The second-order valence-electron chi connectivity index (χ2n) is 6.12. The number of aryl methyl sites for hydroxylation is 2. The number of nitrogens with zero attached hydrogens (tertiary/aromatic N) is 6. The van der Waals surface area contributed by atoms with Crippen molar-refractivity contribution in [3.63, 3.8) is 0 Å². The van der Waals surface area contributed by atoms with E-state index in [1.54, 1.807) is 23.1 Å². The predicted molar refractivity (Wildman–Crippen MR) is 98.9 cm³/mol. The summed E-state index contributed by atoms with van der Waals surface area (Å²) in [7, 11) is 0. The van der Waals surface area contributed by atoms with E-state index in [-0.39, 0.29) is 11.7 Å². The lowest BCUT2D eigenvalue weighted by atomic mass is 10.1. The molecule has 0 saturated carbocycles. The molecule has 0 unspecified atom stereocenters. The van der Waals surface area contributed by atoms with Gasteiger partial charge in [-0.05, 0) is 43.7 Å². The van der Waals surface area contributed by atoms with Gasteiger partial charge in [0.1, 0.15) is 0 Å². The molecule has 0 aliphatic rings. The van der Waals surface area contributed by atoms with E-state index in [1.807, 2.05) is 44.2 Å². The standard InChI is InChI=1S/C19H17N7O/c1-12-10-13(2)26-19(23-12)24-17(25-26)18(27)22-11-15-4-3-7-21-16(15)14-5-8-20-9-6-14/h3-10H,11H2,1-2H3,(H,22,27). The molecule has 134 valence electrons. The maximum atomic E-state index is 12.5. The van der Waals surface area contributed by atoms with E-state index >= 15 is 0 Å². The Bertz CT molecular complexity index is 1120. The van der Waals surface area contributed by atoms with Gasteiger partial charge in [0.2, 0.25) is 5.82 Å². The molecule has 27 heavy (non-hydrogen) atoms. The Morgan fingerprint density at radius 1 is 1.11 bits per heavy atom. The van der Waals surface area contributed by atoms with Crippen molar-refractivity contribution < 1.29 is 4.79 Å². The third-order valence-electron chi connectivity index (χ3n) is 4.11. The largest absolute Gasteiger partial charge is 0.345 e. The Kier molecular flexibility index (Phi) is 4.29. The van der Waals surface area contributed by atoms with E-state index in [1.165, 1.54) is 0 Å². The van der Waals surface area contributed by atoms with Crippen molar-refractivity contribution >= 4 is 11.7 Å². The third-order valence-corrected chi connectivity index (χ3v) is 4.11. The van der Waals surface area contributed by atoms with Crippen molar-refractivity contribution in [3.05, 3.63) is 71.7 Å². The van der Waals surface area contributed by atoms with Crippen LogP contribution in [0.2, 0.25) is 0 Å². The number of aromatic nitrogens is 6. The van der Waals surface area contributed by atoms with Crippen molar-refractivity contribution in [2.24, 2.45) is 0 Å². The Morgan fingerprint density at radius 3 is 2.74 bits per heavy atom. The second kappa shape index (κ2) is 6.91. The van der Waals surface area contributed by atoms with E-state index in [2.05, 4.69) is 30.4 Å². The first-order chi connectivity index (χ1) is 13.1. The highest BCUT2D eigenvalue weighted by molar-refractivity contribution is 5.90. The van der Waals surface area contributed by atoms with E-state index in [0.717, 1.165) is 28.2 Å². The van der Waals surface area contributed by atoms with Gasteiger partial charge >= 0.3 is 0 Å². The quantitative estimate of drug-likeness (QED) is 0.599. The molecule has 4 heterocycles. The maximum Gasteiger partial charge on any atom is 0.291 e. The monoisotopic (exact) mass is 359 g/mol. The van der Waals surface area contributed by atoms with Crippen molar-refractivity contribution in [3.8, 4) is 11.3 Å². The molecule has 0 fully saturated rings. The number of hydrogen-bond acceptors (Lipinski definition) is 6. The van der Waals surface area contributed by atoms with Crippen LogP contribution in [0.4, 0.5) is 0 Å². The Labute approximate surface area is 155 Å². The van der Waals surface area contributed by atoms with Gasteiger partial charge in [-0.1, -0.05) is 6.07 Å². The van der Waals surface area contributed by atoms with Crippen molar-refractivity contribution in [2.45, 2.75) is 20.4 Å². The molecule has 8 heteroatoms. The molecule has 0 saturated heterocycles. The lowest BCUT2D eigenvalue weighted by Crippen LogP contribution is -2.24. The van der Waals surface area contributed by atoms with E-state index in [4.69, 9.17) is 0 Å². The summed E-state index contributed by atoms with van der Waals surface area (Å²) < 4.78 is 1.56. The minimum absolute atomic E-state index is 0.0885. The average molecular weight is 359 g/mol. The third kappa shape index (κ3) is 3.37.